The van der Waals surface area contributed by atoms with Crippen LogP contribution in [0.4, 0.5) is 0 Å². The van der Waals surface area contributed by atoms with Crippen LogP contribution in [0, 0.1) is 0 Å². The van der Waals surface area contributed by atoms with Crippen LogP contribution in [0.3, 0.4) is 0 Å². The third-order valence-corrected chi connectivity index (χ3v) is 3.75. The van der Waals surface area contributed by atoms with Crippen molar-refractivity contribution >= 4 is 11.6 Å². The summed E-state index contributed by atoms with van der Waals surface area (Å²) in [5.41, 5.74) is 2.44. The maximum atomic E-state index is 5.80. The Kier molecular flexibility index (Phi) is 4.03. The van der Waals surface area contributed by atoms with Gasteiger partial charge in [-0.25, -0.2) is 9.97 Å². The molecular weight excluding hydrogens is 274 g/mol. The van der Waals surface area contributed by atoms with Crippen molar-refractivity contribution in [3.63, 3.8) is 0 Å². The molecule has 0 spiro atoms. The number of halogens is 1. The maximum absolute atomic E-state index is 5.80. The van der Waals surface area contributed by atoms with E-state index in [4.69, 9.17) is 16.0 Å². The number of nitrogens with zero attached hydrogens (tertiary/aromatic N) is 3. The van der Waals surface area contributed by atoms with E-state index in [2.05, 4.69) is 21.8 Å². The number of furan rings is 1. The van der Waals surface area contributed by atoms with E-state index in [0.717, 1.165) is 50.5 Å². The molecule has 1 aliphatic heterocycles. The lowest BCUT2D eigenvalue weighted by Crippen LogP contribution is -2.31. The Morgan fingerprint density at radius 1 is 1.40 bits per heavy atom. The van der Waals surface area contributed by atoms with Crippen LogP contribution in [0.2, 0.25) is 5.22 Å². The van der Waals surface area contributed by atoms with Gasteiger partial charge in [-0.1, -0.05) is 6.92 Å². The molecule has 20 heavy (non-hydrogen) atoms. The van der Waals surface area contributed by atoms with E-state index in [1.165, 1.54) is 11.3 Å². The van der Waals surface area contributed by atoms with Gasteiger partial charge in [-0.15, -0.1) is 0 Å². The molecule has 3 heterocycles. The van der Waals surface area contributed by atoms with E-state index in [1.807, 2.05) is 12.3 Å². The normalized spacial score (nSPS) is 15.3. The van der Waals surface area contributed by atoms with Gasteiger partial charge in [0.25, 0.3) is 0 Å². The molecule has 0 atom stereocenters. The Balaban J connectivity index is 1.69. The smallest absolute Gasteiger partial charge is 0.193 e. The number of hydrogen-bond donors (Lipinski definition) is 0. The average molecular weight is 292 g/mol. The van der Waals surface area contributed by atoms with Gasteiger partial charge in [0.2, 0.25) is 0 Å². The summed E-state index contributed by atoms with van der Waals surface area (Å²) < 4.78 is 5.42. The van der Waals surface area contributed by atoms with Gasteiger partial charge >= 0.3 is 0 Å². The lowest BCUT2D eigenvalue weighted by Gasteiger charge is -2.27. The highest BCUT2D eigenvalue weighted by molar-refractivity contribution is 6.28. The molecule has 0 N–H and O–H groups in total. The molecule has 2 aromatic heterocycles. The van der Waals surface area contributed by atoms with E-state index < -0.39 is 0 Å². The molecule has 0 fully saturated rings. The van der Waals surface area contributed by atoms with Crippen LogP contribution < -0.4 is 0 Å². The molecule has 0 saturated heterocycles. The highest BCUT2D eigenvalue weighted by Crippen LogP contribution is 2.21. The van der Waals surface area contributed by atoms with Crippen molar-refractivity contribution in [3.05, 3.63) is 46.4 Å². The van der Waals surface area contributed by atoms with Crippen molar-refractivity contribution in [2.24, 2.45) is 0 Å². The second-order valence-electron chi connectivity index (χ2n) is 5.17. The Labute approximate surface area is 123 Å². The van der Waals surface area contributed by atoms with Gasteiger partial charge in [0.1, 0.15) is 11.6 Å². The first kappa shape index (κ1) is 13.6. The fourth-order valence-electron chi connectivity index (χ4n) is 2.55. The van der Waals surface area contributed by atoms with Gasteiger partial charge in [0.15, 0.2) is 5.22 Å². The predicted molar refractivity (Wildman–Crippen MR) is 77.6 cm³/mol. The minimum absolute atomic E-state index is 0.449. The molecule has 0 aliphatic carbocycles. The minimum atomic E-state index is 0.449. The summed E-state index contributed by atoms with van der Waals surface area (Å²) in [7, 11) is 0. The van der Waals surface area contributed by atoms with Gasteiger partial charge in [-0.2, -0.15) is 0 Å². The number of fused-ring (bicyclic) bond motifs is 1. The topological polar surface area (TPSA) is 42.2 Å². The second kappa shape index (κ2) is 5.94. The third kappa shape index (κ3) is 3.02. The van der Waals surface area contributed by atoms with Crippen LogP contribution in [0.25, 0.3) is 0 Å². The van der Waals surface area contributed by atoms with Crippen LogP contribution >= 0.6 is 11.6 Å². The lowest BCUT2D eigenvalue weighted by molar-refractivity contribution is 0.223. The van der Waals surface area contributed by atoms with Crippen molar-refractivity contribution in [2.45, 2.75) is 39.3 Å². The quantitative estimate of drug-likeness (QED) is 0.867. The summed E-state index contributed by atoms with van der Waals surface area (Å²) in [5.74, 6) is 1.87. The summed E-state index contributed by atoms with van der Waals surface area (Å²) >= 11 is 5.80. The first-order chi connectivity index (χ1) is 9.74. The molecular formula is C15H18ClN3O. The second-order valence-corrected chi connectivity index (χ2v) is 5.55. The van der Waals surface area contributed by atoms with Crippen molar-refractivity contribution in [3.8, 4) is 0 Å². The average Bonchev–Trinajstić information content (AvgIpc) is 2.85. The standard InChI is InChI=1S/C15H18ClN3O/c1-2-3-15-17-8-11-9-19(7-6-13(11)18-15)10-12-4-5-14(16)20-12/h4-5,8H,2-3,6-7,9-10H2,1H3. The van der Waals surface area contributed by atoms with Gasteiger partial charge in [-0.05, 0) is 30.2 Å². The zero-order chi connectivity index (χ0) is 13.9. The van der Waals surface area contributed by atoms with Gasteiger partial charge in [-0.3, -0.25) is 4.90 Å². The predicted octanol–water partition coefficient (Wildman–Crippen LogP) is 3.23. The molecule has 2 aromatic rings. The fourth-order valence-corrected chi connectivity index (χ4v) is 2.71. The zero-order valence-corrected chi connectivity index (χ0v) is 12.4. The first-order valence-corrected chi connectivity index (χ1v) is 7.42. The monoisotopic (exact) mass is 291 g/mol. The van der Waals surface area contributed by atoms with Crippen molar-refractivity contribution in [1.82, 2.24) is 14.9 Å². The minimum Gasteiger partial charge on any atom is -0.448 e. The summed E-state index contributed by atoms with van der Waals surface area (Å²) in [6.07, 6.45) is 5.00. The Bertz CT molecular complexity index is 597. The summed E-state index contributed by atoms with van der Waals surface area (Å²) in [6, 6.07) is 3.72. The van der Waals surface area contributed by atoms with E-state index >= 15 is 0 Å². The highest BCUT2D eigenvalue weighted by atomic mass is 35.5. The SMILES string of the molecule is CCCc1ncc2c(n1)CCN(Cc1ccc(Cl)o1)C2. The molecule has 106 valence electrons. The molecule has 0 radical (unpaired) electrons. The maximum Gasteiger partial charge on any atom is 0.193 e. The van der Waals surface area contributed by atoms with E-state index in [-0.39, 0.29) is 0 Å². The summed E-state index contributed by atoms with van der Waals surface area (Å²) in [4.78, 5) is 11.4. The van der Waals surface area contributed by atoms with E-state index in [9.17, 15) is 0 Å². The number of hydrogen-bond acceptors (Lipinski definition) is 4. The molecule has 4 nitrogen and oxygen atoms in total. The van der Waals surface area contributed by atoms with Crippen molar-refractivity contribution < 1.29 is 4.42 Å². The Morgan fingerprint density at radius 2 is 2.30 bits per heavy atom. The summed E-state index contributed by atoms with van der Waals surface area (Å²) in [6.45, 7) is 4.80. The van der Waals surface area contributed by atoms with Crippen LogP contribution in [-0.2, 0) is 25.9 Å². The van der Waals surface area contributed by atoms with Gasteiger partial charge in [0.05, 0.1) is 6.54 Å². The molecule has 3 rings (SSSR count). The fraction of sp³-hybridized carbons (Fsp3) is 0.467. The van der Waals surface area contributed by atoms with Gasteiger partial charge < -0.3 is 4.42 Å². The van der Waals surface area contributed by atoms with Crippen molar-refractivity contribution in [1.29, 1.82) is 0 Å². The largest absolute Gasteiger partial charge is 0.448 e. The molecule has 0 aromatic carbocycles. The van der Waals surface area contributed by atoms with Crippen molar-refractivity contribution in [2.75, 3.05) is 6.54 Å². The third-order valence-electron chi connectivity index (χ3n) is 3.54. The number of aryl methyl sites for hydroxylation is 1. The highest BCUT2D eigenvalue weighted by Gasteiger charge is 2.19. The molecule has 0 unspecified atom stereocenters. The molecule has 5 heteroatoms. The lowest BCUT2D eigenvalue weighted by atomic mass is 10.1. The summed E-state index contributed by atoms with van der Waals surface area (Å²) in [5, 5.41) is 0.449. The molecule has 0 bridgehead atoms. The Hall–Kier alpha value is -1.39. The van der Waals surface area contributed by atoms with Crippen LogP contribution in [0.15, 0.2) is 22.7 Å². The van der Waals surface area contributed by atoms with Gasteiger partial charge in [0, 0.05) is 43.4 Å². The zero-order valence-electron chi connectivity index (χ0n) is 11.6. The Morgan fingerprint density at radius 3 is 3.05 bits per heavy atom. The van der Waals surface area contributed by atoms with Crippen LogP contribution in [0.1, 0.15) is 36.2 Å². The molecule has 1 aliphatic rings. The van der Waals surface area contributed by atoms with Crippen LogP contribution in [-0.4, -0.2) is 21.4 Å². The van der Waals surface area contributed by atoms with E-state index in [0.29, 0.717) is 5.22 Å². The number of rotatable bonds is 4. The van der Waals surface area contributed by atoms with E-state index in [1.54, 1.807) is 6.07 Å². The van der Waals surface area contributed by atoms with Crippen LogP contribution in [0.5, 0.6) is 0 Å². The molecule has 0 saturated carbocycles. The molecule has 0 amide bonds. The first-order valence-electron chi connectivity index (χ1n) is 7.05. The number of aromatic nitrogens is 2.